The highest BCUT2D eigenvalue weighted by Crippen LogP contribution is 2.22. The van der Waals surface area contributed by atoms with Crippen LogP contribution in [0.25, 0.3) is 0 Å². The van der Waals surface area contributed by atoms with Crippen LogP contribution in [0.4, 0.5) is 0 Å². The van der Waals surface area contributed by atoms with Crippen molar-refractivity contribution in [3.8, 4) is 5.75 Å². The number of oxazole rings is 1. The molecule has 0 unspecified atom stereocenters. The van der Waals surface area contributed by atoms with E-state index in [1.165, 1.54) is 0 Å². The Kier molecular flexibility index (Phi) is 11.2. The summed E-state index contributed by atoms with van der Waals surface area (Å²) in [7, 11) is 4.07. The summed E-state index contributed by atoms with van der Waals surface area (Å²) in [6, 6.07) is 8.06. The van der Waals surface area contributed by atoms with E-state index >= 15 is 0 Å². The number of benzene rings is 1. The average molecular weight is 529 g/mol. The molecule has 2 rings (SSSR count). The summed E-state index contributed by atoms with van der Waals surface area (Å²) in [5.41, 5.74) is 1.04. The van der Waals surface area contributed by atoms with Crippen molar-refractivity contribution in [2.75, 3.05) is 33.8 Å². The first-order valence-corrected chi connectivity index (χ1v) is 10.1. The summed E-state index contributed by atoms with van der Waals surface area (Å²) < 4.78 is 11.6. The lowest BCUT2D eigenvalue weighted by molar-refractivity contribution is 0.261. The molecule has 0 aliphatic heterocycles. The van der Waals surface area contributed by atoms with Gasteiger partial charge in [0.1, 0.15) is 18.1 Å². The van der Waals surface area contributed by atoms with Crippen molar-refractivity contribution >= 4 is 29.9 Å². The van der Waals surface area contributed by atoms with Crippen LogP contribution in [0.15, 0.2) is 39.9 Å². The van der Waals surface area contributed by atoms with Crippen LogP contribution in [0.5, 0.6) is 5.75 Å². The molecule has 0 spiro atoms. The molecule has 0 saturated heterocycles. The molecule has 7 nitrogen and oxygen atoms in total. The third-order valence-electron chi connectivity index (χ3n) is 4.17. The van der Waals surface area contributed by atoms with Gasteiger partial charge in [0.05, 0.1) is 19.3 Å². The molecule has 30 heavy (non-hydrogen) atoms. The van der Waals surface area contributed by atoms with Crippen LogP contribution in [0.3, 0.4) is 0 Å². The quantitative estimate of drug-likeness (QED) is 0.293. The van der Waals surface area contributed by atoms with Gasteiger partial charge in [0.25, 0.3) is 0 Å². The minimum atomic E-state index is -0.0521. The Balaban J connectivity index is 0.00000450. The maximum absolute atomic E-state index is 5.83. The molecule has 168 valence electrons. The van der Waals surface area contributed by atoms with Crippen LogP contribution >= 0.6 is 24.0 Å². The summed E-state index contributed by atoms with van der Waals surface area (Å²) in [5.74, 6) is 3.12. The Morgan fingerprint density at radius 2 is 2.00 bits per heavy atom. The normalized spacial score (nSPS) is 11.9. The Hall–Kier alpha value is -1.81. The number of nitrogens with zero attached hydrogens (tertiary/aromatic N) is 3. The number of halogens is 1. The molecule has 0 bridgehead atoms. The van der Waals surface area contributed by atoms with Crippen molar-refractivity contribution in [3.63, 3.8) is 0 Å². The Morgan fingerprint density at radius 3 is 2.63 bits per heavy atom. The molecular weight excluding hydrogens is 493 g/mol. The summed E-state index contributed by atoms with van der Waals surface area (Å²) in [4.78, 5) is 11.1. The van der Waals surface area contributed by atoms with Crippen molar-refractivity contribution in [2.45, 2.75) is 46.2 Å². The van der Waals surface area contributed by atoms with Crippen molar-refractivity contribution in [1.82, 2.24) is 20.5 Å². The number of rotatable bonds is 9. The summed E-state index contributed by atoms with van der Waals surface area (Å²) in [6.45, 7) is 11.7. The number of hydrogen-bond donors (Lipinski definition) is 2. The summed E-state index contributed by atoms with van der Waals surface area (Å²) in [5, 5.41) is 6.53. The first kappa shape index (κ1) is 26.2. The van der Waals surface area contributed by atoms with E-state index in [4.69, 9.17) is 9.15 Å². The van der Waals surface area contributed by atoms with E-state index in [-0.39, 0.29) is 29.4 Å². The SMILES string of the molecule is CCNC(=NCc1cccc(OCCN(C)C)c1)NCc1ncc(C(C)(C)C)o1.I. The van der Waals surface area contributed by atoms with Crippen molar-refractivity contribution in [2.24, 2.45) is 4.99 Å². The molecular formula is C22H36IN5O2. The third kappa shape index (κ3) is 9.34. The molecule has 0 atom stereocenters. The molecule has 1 heterocycles. The van der Waals surface area contributed by atoms with E-state index in [0.29, 0.717) is 25.6 Å². The van der Waals surface area contributed by atoms with E-state index in [1.54, 1.807) is 6.20 Å². The van der Waals surface area contributed by atoms with E-state index in [2.05, 4.69) is 52.3 Å². The molecule has 1 aromatic heterocycles. The van der Waals surface area contributed by atoms with Crippen LogP contribution in [0.2, 0.25) is 0 Å². The number of guanidine groups is 1. The maximum atomic E-state index is 5.83. The lowest BCUT2D eigenvalue weighted by Gasteiger charge is -2.13. The largest absolute Gasteiger partial charge is 0.492 e. The maximum Gasteiger partial charge on any atom is 0.213 e. The second-order valence-corrected chi connectivity index (χ2v) is 8.22. The van der Waals surface area contributed by atoms with Crippen LogP contribution in [-0.2, 0) is 18.5 Å². The Morgan fingerprint density at radius 1 is 1.23 bits per heavy atom. The smallest absolute Gasteiger partial charge is 0.213 e. The number of aliphatic imine (C=N–C) groups is 1. The van der Waals surface area contributed by atoms with Gasteiger partial charge in [0, 0.05) is 18.5 Å². The molecule has 0 radical (unpaired) electrons. The van der Waals surface area contributed by atoms with Crippen LogP contribution in [-0.4, -0.2) is 49.6 Å². The molecule has 2 N–H and O–H groups in total. The first-order valence-electron chi connectivity index (χ1n) is 10.1. The van der Waals surface area contributed by atoms with Crippen molar-refractivity contribution < 1.29 is 9.15 Å². The highest BCUT2D eigenvalue weighted by molar-refractivity contribution is 14.0. The van der Waals surface area contributed by atoms with Gasteiger partial charge in [-0.3, -0.25) is 0 Å². The van der Waals surface area contributed by atoms with Gasteiger partial charge in [0.2, 0.25) is 5.89 Å². The highest BCUT2D eigenvalue weighted by atomic mass is 127. The van der Waals surface area contributed by atoms with Crippen LogP contribution < -0.4 is 15.4 Å². The van der Waals surface area contributed by atoms with Gasteiger partial charge in [-0.15, -0.1) is 24.0 Å². The minimum absolute atomic E-state index is 0. The number of nitrogens with one attached hydrogen (secondary N) is 2. The topological polar surface area (TPSA) is 74.9 Å². The van der Waals surface area contributed by atoms with E-state index in [0.717, 1.165) is 36.1 Å². The van der Waals surface area contributed by atoms with Gasteiger partial charge in [-0.05, 0) is 38.7 Å². The van der Waals surface area contributed by atoms with Gasteiger partial charge in [-0.25, -0.2) is 9.98 Å². The predicted molar refractivity (Wildman–Crippen MR) is 133 cm³/mol. The minimum Gasteiger partial charge on any atom is -0.492 e. The molecule has 0 amide bonds. The zero-order valence-corrected chi connectivity index (χ0v) is 21.3. The fourth-order valence-corrected chi connectivity index (χ4v) is 2.49. The number of aromatic nitrogens is 1. The molecule has 0 saturated carbocycles. The average Bonchev–Trinajstić information content (AvgIpc) is 3.14. The van der Waals surface area contributed by atoms with E-state index in [9.17, 15) is 0 Å². The summed E-state index contributed by atoms with van der Waals surface area (Å²) in [6.07, 6.45) is 1.79. The van der Waals surface area contributed by atoms with Gasteiger partial charge >= 0.3 is 0 Å². The Bertz CT molecular complexity index is 784. The lowest BCUT2D eigenvalue weighted by atomic mass is 9.94. The van der Waals surface area contributed by atoms with Crippen molar-refractivity contribution in [1.29, 1.82) is 0 Å². The second-order valence-electron chi connectivity index (χ2n) is 8.22. The zero-order valence-electron chi connectivity index (χ0n) is 19.0. The van der Waals surface area contributed by atoms with Gasteiger partial charge < -0.3 is 24.7 Å². The lowest BCUT2D eigenvalue weighted by Crippen LogP contribution is -2.36. The summed E-state index contributed by atoms with van der Waals surface area (Å²) >= 11 is 0. The predicted octanol–water partition coefficient (Wildman–Crippen LogP) is 3.79. The van der Waals surface area contributed by atoms with E-state index < -0.39 is 0 Å². The number of hydrogen-bond acceptors (Lipinski definition) is 5. The molecule has 8 heteroatoms. The van der Waals surface area contributed by atoms with E-state index in [1.807, 2.05) is 39.2 Å². The molecule has 0 fully saturated rings. The fraction of sp³-hybridized carbons (Fsp3) is 0.545. The molecule has 0 aliphatic carbocycles. The van der Waals surface area contributed by atoms with Gasteiger partial charge in [-0.1, -0.05) is 32.9 Å². The number of ether oxygens (including phenoxy) is 1. The standard InChI is InChI=1S/C22H35N5O2.HI/c1-7-23-21(26-16-20-24-15-19(29-20)22(2,3)4)25-14-17-9-8-10-18(13-17)28-12-11-27(5)6;/h8-10,13,15H,7,11-12,14,16H2,1-6H3,(H2,23,25,26);1H. The molecule has 0 aliphatic rings. The Labute approximate surface area is 197 Å². The number of likely N-dealkylation sites (N-methyl/N-ethyl adjacent to an activating group) is 1. The van der Waals surface area contributed by atoms with Crippen LogP contribution in [0.1, 0.15) is 44.9 Å². The van der Waals surface area contributed by atoms with Gasteiger partial charge in [0.15, 0.2) is 5.96 Å². The fourth-order valence-electron chi connectivity index (χ4n) is 2.49. The molecule has 1 aromatic carbocycles. The van der Waals surface area contributed by atoms with Crippen molar-refractivity contribution in [3.05, 3.63) is 47.7 Å². The highest BCUT2D eigenvalue weighted by Gasteiger charge is 2.19. The first-order chi connectivity index (χ1) is 13.8. The van der Waals surface area contributed by atoms with Gasteiger partial charge in [-0.2, -0.15) is 0 Å². The van der Waals surface area contributed by atoms with Crippen LogP contribution in [0, 0.1) is 0 Å². The zero-order chi connectivity index (χ0) is 21.3. The third-order valence-corrected chi connectivity index (χ3v) is 4.17. The second kappa shape index (κ2) is 12.8. The monoisotopic (exact) mass is 529 g/mol. The molecule has 2 aromatic rings.